The number of hydrogen-bond donors (Lipinski definition) is 1. The molecule has 1 N–H and O–H groups in total. The van der Waals surface area contributed by atoms with E-state index in [4.69, 9.17) is 14.6 Å². The number of carbonyl (C=O) groups excluding carboxylic acids is 2. The molecule has 2 atom stereocenters. The summed E-state index contributed by atoms with van der Waals surface area (Å²) in [4.78, 5) is 40.1. The van der Waals surface area contributed by atoms with Crippen molar-refractivity contribution in [2.75, 3.05) is 14.2 Å². The normalized spacial score (nSPS) is 20.7. The first kappa shape index (κ1) is 18.4. The van der Waals surface area contributed by atoms with Gasteiger partial charge in [0.05, 0.1) is 13.7 Å². The molecule has 1 fully saturated rings. The average molecular weight is 323 g/mol. The van der Waals surface area contributed by atoms with E-state index in [-0.39, 0.29) is 24.8 Å². The van der Waals surface area contributed by atoms with Crippen LogP contribution in [-0.4, -0.2) is 64.4 Å². The lowest BCUT2D eigenvalue weighted by Gasteiger charge is -2.41. The molecule has 8 nitrogen and oxygen atoms in total. The Morgan fingerprint density at radius 1 is 1.30 bits per heavy atom. The fraction of sp³-hybridized carbons (Fsp3) is 0.467. The molecule has 0 bridgehead atoms. The third-order valence-corrected chi connectivity index (χ3v) is 3.78. The standard InChI is InChI=1S/C14H19N3O3.CH2O2/c1-9-14(19)17(10(2)13(18)16(9)3)8-11-12(20-4)6-5-7-15-11;2-1-3/h5-7,9-10H,8H2,1-4H3;1H,(H,2,3)/t9-,10-;/m0./s1. The lowest BCUT2D eigenvalue weighted by atomic mass is 10.1. The third kappa shape index (κ3) is 3.97. The fourth-order valence-corrected chi connectivity index (χ4v) is 2.32. The molecule has 1 aromatic heterocycles. The number of amides is 2. The molecule has 8 heteroatoms. The number of ether oxygens (including phenoxy) is 1. The molecule has 1 aromatic rings. The number of carboxylic acid groups (broad SMARTS) is 1. The van der Waals surface area contributed by atoms with Gasteiger partial charge >= 0.3 is 0 Å². The summed E-state index contributed by atoms with van der Waals surface area (Å²) in [5, 5.41) is 6.89. The number of nitrogens with zero attached hydrogens (tertiary/aromatic N) is 3. The second kappa shape index (κ2) is 8.11. The van der Waals surface area contributed by atoms with Gasteiger partial charge < -0.3 is 19.6 Å². The number of hydrogen-bond acceptors (Lipinski definition) is 5. The Balaban J connectivity index is 0.000000816. The zero-order valence-electron chi connectivity index (χ0n) is 13.6. The average Bonchev–Trinajstić information content (AvgIpc) is 2.56. The molecule has 1 saturated heterocycles. The van der Waals surface area contributed by atoms with Crippen molar-refractivity contribution in [3.63, 3.8) is 0 Å². The number of pyridine rings is 1. The van der Waals surface area contributed by atoms with Crippen molar-refractivity contribution in [1.82, 2.24) is 14.8 Å². The summed E-state index contributed by atoms with van der Waals surface area (Å²) in [5.74, 6) is 0.478. The largest absolute Gasteiger partial charge is 0.495 e. The van der Waals surface area contributed by atoms with E-state index in [0.717, 1.165) is 0 Å². The highest BCUT2D eigenvalue weighted by Gasteiger charge is 2.40. The van der Waals surface area contributed by atoms with Gasteiger partial charge in [-0.1, -0.05) is 0 Å². The minimum absolute atomic E-state index is 0.0630. The molecule has 0 aromatic carbocycles. The van der Waals surface area contributed by atoms with Gasteiger partial charge in [0.25, 0.3) is 6.47 Å². The summed E-state index contributed by atoms with van der Waals surface area (Å²) in [5.41, 5.74) is 0.653. The zero-order chi connectivity index (χ0) is 17.6. The topological polar surface area (TPSA) is 100 Å². The third-order valence-electron chi connectivity index (χ3n) is 3.78. The number of piperazine rings is 1. The minimum Gasteiger partial charge on any atom is -0.495 e. The SMILES string of the molecule is COc1cccnc1CN1C(=O)[C@H](C)N(C)C(=O)[C@@H]1C.O=CO. The highest BCUT2D eigenvalue weighted by Crippen LogP contribution is 2.22. The van der Waals surface area contributed by atoms with Gasteiger partial charge in [-0.15, -0.1) is 0 Å². The van der Waals surface area contributed by atoms with Crippen LogP contribution in [0.4, 0.5) is 0 Å². The maximum Gasteiger partial charge on any atom is 0.290 e. The van der Waals surface area contributed by atoms with Gasteiger partial charge in [0.15, 0.2) is 0 Å². The number of likely N-dealkylation sites (N-methyl/N-ethyl adjacent to an activating group) is 1. The van der Waals surface area contributed by atoms with E-state index in [9.17, 15) is 9.59 Å². The quantitative estimate of drug-likeness (QED) is 0.807. The maximum absolute atomic E-state index is 12.4. The van der Waals surface area contributed by atoms with E-state index in [1.54, 1.807) is 51.2 Å². The van der Waals surface area contributed by atoms with Crippen molar-refractivity contribution in [1.29, 1.82) is 0 Å². The van der Waals surface area contributed by atoms with E-state index in [1.807, 2.05) is 0 Å². The Bertz CT molecular complexity index is 578. The first-order valence-electron chi connectivity index (χ1n) is 7.01. The summed E-state index contributed by atoms with van der Waals surface area (Å²) in [6, 6.07) is 2.62. The first-order chi connectivity index (χ1) is 10.9. The van der Waals surface area contributed by atoms with Crippen molar-refractivity contribution < 1.29 is 24.2 Å². The number of methoxy groups -OCH3 is 1. The van der Waals surface area contributed by atoms with Gasteiger partial charge in [0.2, 0.25) is 11.8 Å². The fourth-order valence-electron chi connectivity index (χ4n) is 2.32. The van der Waals surface area contributed by atoms with E-state index >= 15 is 0 Å². The second-order valence-electron chi connectivity index (χ2n) is 5.02. The molecule has 2 amide bonds. The van der Waals surface area contributed by atoms with Gasteiger partial charge in [-0.25, -0.2) is 0 Å². The molecule has 23 heavy (non-hydrogen) atoms. The summed E-state index contributed by atoms with van der Waals surface area (Å²) in [7, 11) is 3.21. The molecule has 126 valence electrons. The van der Waals surface area contributed by atoms with Gasteiger partial charge in [0.1, 0.15) is 23.5 Å². The van der Waals surface area contributed by atoms with Crippen molar-refractivity contribution in [2.24, 2.45) is 0 Å². The van der Waals surface area contributed by atoms with Gasteiger partial charge in [0, 0.05) is 13.2 Å². The Morgan fingerprint density at radius 3 is 2.48 bits per heavy atom. The molecule has 2 heterocycles. The lowest BCUT2D eigenvalue weighted by Crippen LogP contribution is -2.61. The number of aromatic nitrogens is 1. The van der Waals surface area contributed by atoms with E-state index in [0.29, 0.717) is 11.4 Å². The molecule has 0 saturated carbocycles. The molecular formula is C15H21N3O5. The van der Waals surface area contributed by atoms with Crippen LogP contribution in [0.15, 0.2) is 18.3 Å². The number of rotatable bonds is 3. The van der Waals surface area contributed by atoms with E-state index in [2.05, 4.69) is 4.98 Å². The van der Waals surface area contributed by atoms with Crippen LogP contribution in [0.2, 0.25) is 0 Å². The molecular weight excluding hydrogens is 302 g/mol. The van der Waals surface area contributed by atoms with Crippen LogP contribution in [0.1, 0.15) is 19.5 Å². The number of carbonyl (C=O) groups is 3. The monoisotopic (exact) mass is 323 g/mol. The predicted octanol–water partition coefficient (Wildman–Crippen LogP) is 0.369. The van der Waals surface area contributed by atoms with Crippen molar-refractivity contribution in [3.8, 4) is 5.75 Å². The Kier molecular flexibility index (Phi) is 6.49. The smallest absolute Gasteiger partial charge is 0.290 e. The predicted molar refractivity (Wildman–Crippen MR) is 81.7 cm³/mol. The van der Waals surface area contributed by atoms with Crippen LogP contribution in [0.5, 0.6) is 5.75 Å². The van der Waals surface area contributed by atoms with Crippen molar-refractivity contribution >= 4 is 18.3 Å². The lowest BCUT2D eigenvalue weighted by molar-refractivity contribution is -0.159. The molecule has 2 rings (SSSR count). The van der Waals surface area contributed by atoms with Crippen LogP contribution < -0.4 is 4.74 Å². The van der Waals surface area contributed by atoms with Gasteiger partial charge in [-0.05, 0) is 26.0 Å². The van der Waals surface area contributed by atoms with E-state index < -0.39 is 12.1 Å². The Morgan fingerprint density at radius 2 is 1.91 bits per heavy atom. The molecule has 1 aliphatic heterocycles. The van der Waals surface area contributed by atoms with Gasteiger partial charge in [-0.3, -0.25) is 19.4 Å². The van der Waals surface area contributed by atoms with Crippen molar-refractivity contribution in [2.45, 2.75) is 32.5 Å². The summed E-state index contributed by atoms with van der Waals surface area (Å²) >= 11 is 0. The van der Waals surface area contributed by atoms with Crippen LogP contribution in [0.25, 0.3) is 0 Å². The zero-order valence-corrected chi connectivity index (χ0v) is 13.6. The molecule has 1 aliphatic rings. The highest BCUT2D eigenvalue weighted by atomic mass is 16.5. The Hall–Kier alpha value is -2.64. The first-order valence-corrected chi connectivity index (χ1v) is 7.01. The van der Waals surface area contributed by atoms with Crippen LogP contribution in [-0.2, 0) is 20.9 Å². The minimum atomic E-state index is -0.490. The highest BCUT2D eigenvalue weighted by molar-refractivity contribution is 5.96. The summed E-state index contributed by atoms with van der Waals surface area (Å²) < 4.78 is 5.24. The molecule has 0 aliphatic carbocycles. The second-order valence-corrected chi connectivity index (χ2v) is 5.02. The summed E-state index contributed by atoms with van der Waals surface area (Å²) in [6.07, 6.45) is 1.65. The maximum atomic E-state index is 12.4. The van der Waals surface area contributed by atoms with Crippen molar-refractivity contribution in [3.05, 3.63) is 24.0 Å². The van der Waals surface area contributed by atoms with Crippen LogP contribution >= 0.6 is 0 Å². The molecule has 0 unspecified atom stereocenters. The molecule has 0 spiro atoms. The van der Waals surface area contributed by atoms with E-state index in [1.165, 1.54) is 4.90 Å². The molecule has 0 radical (unpaired) electrons. The Labute approximate surface area is 134 Å². The van der Waals surface area contributed by atoms with Gasteiger partial charge in [-0.2, -0.15) is 0 Å². The van der Waals surface area contributed by atoms with Crippen LogP contribution in [0, 0.1) is 0 Å². The van der Waals surface area contributed by atoms with Crippen LogP contribution in [0.3, 0.4) is 0 Å². The summed E-state index contributed by atoms with van der Waals surface area (Å²) in [6.45, 7) is 3.49.